The maximum absolute atomic E-state index is 13.8. The fourth-order valence-electron chi connectivity index (χ4n) is 1.78. The SMILES string of the molecule is CCCCCCNC(=O)c1ccc(C#CCN)cc1F. The number of unbranched alkanes of at least 4 members (excludes halogenated alkanes) is 3. The van der Waals surface area contributed by atoms with Gasteiger partial charge in [-0.05, 0) is 24.6 Å². The van der Waals surface area contributed by atoms with E-state index in [1.807, 2.05) is 0 Å². The van der Waals surface area contributed by atoms with Gasteiger partial charge in [0.25, 0.3) is 5.91 Å². The molecule has 0 saturated heterocycles. The smallest absolute Gasteiger partial charge is 0.254 e. The highest BCUT2D eigenvalue weighted by Gasteiger charge is 2.11. The highest BCUT2D eigenvalue weighted by atomic mass is 19.1. The van der Waals surface area contributed by atoms with Crippen molar-refractivity contribution in [2.45, 2.75) is 32.6 Å². The number of halogens is 1. The molecule has 0 aromatic heterocycles. The van der Waals surface area contributed by atoms with Crippen molar-refractivity contribution in [3.8, 4) is 11.8 Å². The monoisotopic (exact) mass is 276 g/mol. The summed E-state index contributed by atoms with van der Waals surface area (Å²) >= 11 is 0. The average Bonchev–Trinajstić information content (AvgIpc) is 2.44. The number of nitrogens with one attached hydrogen (secondary N) is 1. The van der Waals surface area contributed by atoms with Gasteiger partial charge in [-0.2, -0.15) is 0 Å². The van der Waals surface area contributed by atoms with Crippen LogP contribution in [0, 0.1) is 17.7 Å². The van der Waals surface area contributed by atoms with Crippen LogP contribution in [0.2, 0.25) is 0 Å². The molecular formula is C16H21FN2O. The molecular weight excluding hydrogens is 255 g/mol. The Hall–Kier alpha value is -1.86. The van der Waals surface area contributed by atoms with E-state index in [2.05, 4.69) is 24.1 Å². The van der Waals surface area contributed by atoms with Crippen molar-refractivity contribution in [3.63, 3.8) is 0 Å². The molecule has 0 aliphatic carbocycles. The Morgan fingerprint density at radius 2 is 2.15 bits per heavy atom. The number of hydrogen-bond donors (Lipinski definition) is 2. The van der Waals surface area contributed by atoms with Crippen LogP contribution in [0.4, 0.5) is 4.39 Å². The molecule has 108 valence electrons. The average molecular weight is 276 g/mol. The fraction of sp³-hybridized carbons (Fsp3) is 0.438. The normalized spacial score (nSPS) is 9.75. The zero-order valence-electron chi connectivity index (χ0n) is 11.8. The number of nitrogens with two attached hydrogens (primary N) is 1. The molecule has 1 aromatic carbocycles. The third-order valence-corrected chi connectivity index (χ3v) is 2.86. The van der Waals surface area contributed by atoms with E-state index < -0.39 is 5.82 Å². The molecule has 3 N–H and O–H groups in total. The molecule has 0 unspecified atom stereocenters. The zero-order valence-corrected chi connectivity index (χ0v) is 11.8. The summed E-state index contributed by atoms with van der Waals surface area (Å²) in [7, 11) is 0. The van der Waals surface area contributed by atoms with Crippen molar-refractivity contribution in [1.29, 1.82) is 0 Å². The molecule has 0 aliphatic heterocycles. The van der Waals surface area contributed by atoms with E-state index in [1.54, 1.807) is 6.07 Å². The second-order valence-corrected chi connectivity index (χ2v) is 4.52. The van der Waals surface area contributed by atoms with Crippen LogP contribution in [0.3, 0.4) is 0 Å². The molecule has 0 aliphatic rings. The third kappa shape index (κ3) is 5.41. The van der Waals surface area contributed by atoms with Crippen LogP contribution in [0.25, 0.3) is 0 Å². The summed E-state index contributed by atoms with van der Waals surface area (Å²) in [6.07, 6.45) is 4.29. The minimum absolute atomic E-state index is 0.0544. The van der Waals surface area contributed by atoms with Gasteiger partial charge >= 0.3 is 0 Å². The van der Waals surface area contributed by atoms with E-state index in [1.165, 1.54) is 12.1 Å². The molecule has 4 heteroatoms. The fourth-order valence-corrected chi connectivity index (χ4v) is 1.78. The standard InChI is InChI=1S/C16H21FN2O/c1-2-3-4-5-11-19-16(20)14-9-8-13(7-6-10-18)12-15(14)17/h8-9,12H,2-5,10-11,18H2,1H3,(H,19,20). The van der Waals surface area contributed by atoms with E-state index >= 15 is 0 Å². The van der Waals surface area contributed by atoms with Crippen molar-refractivity contribution in [1.82, 2.24) is 5.32 Å². The summed E-state index contributed by atoms with van der Waals surface area (Å²) in [5.74, 6) is 4.44. The molecule has 0 saturated carbocycles. The summed E-state index contributed by atoms with van der Waals surface area (Å²) < 4.78 is 13.8. The van der Waals surface area contributed by atoms with Crippen molar-refractivity contribution in [2.24, 2.45) is 5.73 Å². The lowest BCUT2D eigenvalue weighted by atomic mass is 10.1. The summed E-state index contributed by atoms with van der Waals surface area (Å²) in [6, 6.07) is 4.34. The lowest BCUT2D eigenvalue weighted by Crippen LogP contribution is -2.25. The first-order chi connectivity index (χ1) is 9.69. The maximum Gasteiger partial charge on any atom is 0.254 e. The van der Waals surface area contributed by atoms with Crippen LogP contribution >= 0.6 is 0 Å². The van der Waals surface area contributed by atoms with Gasteiger partial charge in [0.05, 0.1) is 12.1 Å². The molecule has 20 heavy (non-hydrogen) atoms. The van der Waals surface area contributed by atoms with Crippen LogP contribution in [0.15, 0.2) is 18.2 Å². The number of hydrogen-bond acceptors (Lipinski definition) is 2. The Bertz CT molecular complexity index is 503. The summed E-state index contributed by atoms with van der Waals surface area (Å²) in [5, 5.41) is 2.73. The molecule has 1 aromatic rings. The molecule has 0 heterocycles. The molecule has 1 rings (SSSR count). The first-order valence-electron chi connectivity index (χ1n) is 6.95. The molecule has 0 radical (unpaired) electrons. The number of carbonyl (C=O) groups is 1. The predicted molar refractivity (Wildman–Crippen MR) is 78.8 cm³/mol. The number of carbonyl (C=O) groups excluding carboxylic acids is 1. The quantitative estimate of drug-likeness (QED) is 0.619. The third-order valence-electron chi connectivity index (χ3n) is 2.86. The van der Waals surface area contributed by atoms with Gasteiger partial charge in [-0.3, -0.25) is 4.79 Å². The Labute approximate surface area is 119 Å². The first kappa shape index (κ1) is 16.2. The molecule has 0 fully saturated rings. The molecule has 1 amide bonds. The topological polar surface area (TPSA) is 55.1 Å². The molecule has 3 nitrogen and oxygen atoms in total. The van der Waals surface area contributed by atoms with Crippen molar-refractivity contribution >= 4 is 5.91 Å². The summed E-state index contributed by atoms with van der Waals surface area (Å²) in [6.45, 7) is 2.93. The van der Waals surface area contributed by atoms with E-state index in [4.69, 9.17) is 5.73 Å². The maximum atomic E-state index is 13.8. The van der Waals surface area contributed by atoms with Crippen LogP contribution in [-0.4, -0.2) is 19.0 Å². The van der Waals surface area contributed by atoms with Gasteiger partial charge in [0.2, 0.25) is 0 Å². The molecule has 0 bridgehead atoms. The Morgan fingerprint density at radius 1 is 1.35 bits per heavy atom. The van der Waals surface area contributed by atoms with Gasteiger partial charge in [0.15, 0.2) is 0 Å². The minimum atomic E-state index is -0.556. The van der Waals surface area contributed by atoms with Crippen LogP contribution in [0.1, 0.15) is 48.5 Å². The van der Waals surface area contributed by atoms with E-state index in [0.29, 0.717) is 12.1 Å². The second-order valence-electron chi connectivity index (χ2n) is 4.52. The van der Waals surface area contributed by atoms with Crippen molar-refractivity contribution in [3.05, 3.63) is 35.1 Å². The number of benzene rings is 1. The largest absolute Gasteiger partial charge is 0.352 e. The Morgan fingerprint density at radius 3 is 2.80 bits per heavy atom. The van der Waals surface area contributed by atoms with E-state index in [-0.39, 0.29) is 18.0 Å². The van der Waals surface area contributed by atoms with Crippen LogP contribution in [0.5, 0.6) is 0 Å². The minimum Gasteiger partial charge on any atom is -0.352 e. The lowest BCUT2D eigenvalue weighted by Gasteiger charge is -2.06. The number of rotatable bonds is 6. The van der Waals surface area contributed by atoms with E-state index in [0.717, 1.165) is 25.7 Å². The highest BCUT2D eigenvalue weighted by molar-refractivity contribution is 5.94. The van der Waals surface area contributed by atoms with Gasteiger partial charge in [-0.15, -0.1) is 0 Å². The highest BCUT2D eigenvalue weighted by Crippen LogP contribution is 2.10. The van der Waals surface area contributed by atoms with Gasteiger partial charge in [0.1, 0.15) is 5.82 Å². The van der Waals surface area contributed by atoms with Crippen LogP contribution in [-0.2, 0) is 0 Å². The van der Waals surface area contributed by atoms with Gasteiger partial charge in [0, 0.05) is 12.1 Å². The lowest BCUT2D eigenvalue weighted by molar-refractivity contribution is 0.0949. The van der Waals surface area contributed by atoms with Crippen molar-refractivity contribution in [2.75, 3.05) is 13.1 Å². The number of amides is 1. The van der Waals surface area contributed by atoms with E-state index in [9.17, 15) is 9.18 Å². The Kier molecular flexibility index (Phi) is 7.38. The zero-order chi connectivity index (χ0) is 14.8. The predicted octanol–water partition coefficient (Wildman–Crippen LogP) is 2.45. The van der Waals surface area contributed by atoms with Gasteiger partial charge in [-0.25, -0.2) is 4.39 Å². The molecule has 0 spiro atoms. The van der Waals surface area contributed by atoms with Crippen LogP contribution < -0.4 is 11.1 Å². The second kappa shape index (κ2) is 9.11. The first-order valence-corrected chi connectivity index (χ1v) is 6.95. The van der Waals surface area contributed by atoms with Gasteiger partial charge < -0.3 is 11.1 Å². The van der Waals surface area contributed by atoms with Crippen molar-refractivity contribution < 1.29 is 9.18 Å². The Balaban J connectivity index is 2.56. The molecule has 0 atom stereocenters. The summed E-state index contributed by atoms with van der Waals surface area (Å²) in [4.78, 5) is 11.8. The summed E-state index contributed by atoms with van der Waals surface area (Å²) in [5.41, 5.74) is 5.83. The van der Waals surface area contributed by atoms with Gasteiger partial charge in [-0.1, -0.05) is 38.0 Å².